The van der Waals surface area contributed by atoms with Gasteiger partial charge in [0.05, 0.1) is 24.4 Å². The Hall–Kier alpha value is -1.94. The van der Waals surface area contributed by atoms with Gasteiger partial charge in [-0.2, -0.15) is 5.10 Å². The van der Waals surface area contributed by atoms with E-state index < -0.39 is 0 Å². The van der Waals surface area contributed by atoms with Gasteiger partial charge in [-0.15, -0.1) is 35.5 Å². The van der Waals surface area contributed by atoms with E-state index in [9.17, 15) is 9.18 Å². The summed E-state index contributed by atoms with van der Waals surface area (Å²) in [5.41, 5.74) is 6.49. The number of hydrogen-bond acceptors (Lipinski definition) is 6. The van der Waals surface area contributed by atoms with Crippen LogP contribution in [0.15, 0.2) is 58.5 Å². The first-order valence-electron chi connectivity index (χ1n) is 7.84. The zero-order valence-corrected chi connectivity index (χ0v) is 17.0. The third kappa shape index (κ3) is 5.07. The second-order valence-corrected chi connectivity index (χ2v) is 7.52. The largest absolute Gasteiger partial charge is 0.346 e. The molecule has 3 heterocycles. The Labute approximate surface area is 170 Å². The minimum Gasteiger partial charge on any atom is -0.327 e. The average Bonchev–Trinajstić information content (AvgIpc) is 3.28. The van der Waals surface area contributed by atoms with E-state index in [1.165, 1.54) is 15.6 Å². The molecule has 0 fully saturated rings. The molecule has 3 aromatic heterocycles. The standard InChI is InChI=1S/C17H18FN5OS2.ClH/c1-25-16-5-2-13(8-20-16)15-4-3-14(26-15)10-22-11-21-23(17(22)24)9-12(6-18)7-19;/h2-6,8,11H,7,9-10,19H2,1H3;1H/b12-6+;. The van der Waals surface area contributed by atoms with E-state index in [0.29, 0.717) is 18.4 Å². The molecule has 0 aliphatic rings. The Balaban J connectivity index is 0.00000261. The van der Waals surface area contributed by atoms with Crippen molar-refractivity contribution in [2.24, 2.45) is 5.73 Å². The first-order chi connectivity index (χ1) is 12.6. The molecule has 0 saturated heterocycles. The third-order valence-corrected chi connectivity index (χ3v) is 5.56. The van der Waals surface area contributed by atoms with Crippen molar-refractivity contribution >= 4 is 35.5 Å². The van der Waals surface area contributed by atoms with Gasteiger partial charge in [0.2, 0.25) is 0 Å². The van der Waals surface area contributed by atoms with Gasteiger partial charge in [0.25, 0.3) is 0 Å². The molecule has 0 atom stereocenters. The van der Waals surface area contributed by atoms with Crippen molar-refractivity contribution in [2.75, 3.05) is 12.8 Å². The highest BCUT2D eigenvalue weighted by Crippen LogP contribution is 2.28. The van der Waals surface area contributed by atoms with Crippen LogP contribution in [0.2, 0.25) is 0 Å². The van der Waals surface area contributed by atoms with Crippen LogP contribution in [0, 0.1) is 0 Å². The second kappa shape index (κ2) is 9.84. The smallest absolute Gasteiger partial charge is 0.327 e. The van der Waals surface area contributed by atoms with Crippen LogP contribution in [0.5, 0.6) is 0 Å². The van der Waals surface area contributed by atoms with Gasteiger partial charge >= 0.3 is 5.69 Å². The maximum atomic E-state index is 12.6. The second-order valence-electron chi connectivity index (χ2n) is 5.53. The molecule has 0 spiro atoms. The summed E-state index contributed by atoms with van der Waals surface area (Å²) in [6, 6.07) is 8.03. The molecule has 0 unspecified atom stereocenters. The lowest BCUT2D eigenvalue weighted by atomic mass is 10.2. The van der Waals surface area contributed by atoms with Crippen molar-refractivity contribution < 1.29 is 4.39 Å². The van der Waals surface area contributed by atoms with Crippen LogP contribution in [-0.4, -0.2) is 32.1 Å². The molecular formula is C17H19ClFN5OS2. The Kier molecular flexibility index (Phi) is 7.78. The van der Waals surface area contributed by atoms with E-state index in [1.54, 1.807) is 23.1 Å². The van der Waals surface area contributed by atoms with Crippen LogP contribution < -0.4 is 11.4 Å². The van der Waals surface area contributed by atoms with Crippen molar-refractivity contribution in [1.29, 1.82) is 0 Å². The molecule has 0 aliphatic heterocycles. The number of rotatable bonds is 7. The predicted molar refractivity (Wildman–Crippen MR) is 110 cm³/mol. The Morgan fingerprint density at radius 2 is 2.19 bits per heavy atom. The number of aromatic nitrogens is 4. The molecular weight excluding hydrogens is 409 g/mol. The summed E-state index contributed by atoms with van der Waals surface area (Å²) in [7, 11) is 0. The first-order valence-corrected chi connectivity index (χ1v) is 9.88. The van der Waals surface area contributed by atoms with Crippen LogP contribution in [0.3, 0.4) is 0 Å². The number of nitrogens with two attached hydrogens (primary N) is 1. The number of nitrogens with zero attached hydrogens (tertiary/aromatic N) is 4. The first kappa shape index (κ1) is 21.4. The quantitative estimate of drug-likeness (QED) is 0.586. The van der Waals surface area contributed by atoms with E-state index in [1.807, 2.05) is 36.7 Å². The third-order valence-electron chi connectivity index (χ3n) is 3.78. The number of thioether (sulfide) groups is 1. The van der Waals surface area contributed by atoms with Crippen LogP contribution in [0.25, 0.3) is 10.4 Å². The molecule has 2 N–H and O–H groups in total. The Morgan fingerprint density at radius 3 is 2.81 bits per heavy atom. The molecule has 6 nitrogen and oxygen atoms in total. The number of hydrogen-bond donors (Lipinski definition) is 1. The molecule has 3 rings (SSSR count). The van der Waals surface area contributed by atoms with Crippen molar-refractivity contribution in [3.63, 3.8) is 0 Å². The van der Waals surface area contributed by atoms with Gasteiger partial charge in [-0.1, -0.05) is 0 Å². The van der Waals surface area contributed by atoms with E-state index in [4.69, 9.17) is 5.73 Å². The molecule has 0 aliphatic carbocycles. The fraction of sp³-hybridized carbons (Fsp3) is 0.235. The predicted octanol–water partition coefficient (Wildman–Crippen LogP) is 3.17. The van der Waals surface area contributed by atoms with Gasteiger partial charge in [0.1, 0.15) is 6.33 Å². The lowest BCUT2D eigenvalue weighted by Crippen LogP contribution is -2.26. The van der Waals surface area contributed by atoms with Gasteiger partial charge in [-0.3, -0.25) is 4.57 Å². The van der Waals surface area contributed by atoms with Crippen LogP contribution in [0.1, 0.15) is 4.88 Å². The van der Waals surface area contributed by atoms with E-state index in [-0.39, 0.29) is 31.2 Å². The SMILES string of the molecule is CSc1ccc(-c2ccc(Cn3cnn(C/C(=C/F)CN)c3=O)s2)cn1.Cl. The highest BCUT2D eigenvalue weighted by Gasteiger charge is 2.10. The summed E-state index contributed by atoms with van der Waals surface area (Å²) in [6.45, 7) is 0.520. The van der Waals surface area contributed by atoms with Crippen molar-refractivity contribution in [2.45, 2.75) is 18.1 Å². The minimum atomic E-state index is -0.293. The zero-order chi connectivity index (χ0) is 18.5. The summed E-state index contributed by atoms with van der Waals surface area (Å²) in [6.07, 6.45) is 5.72. The number of pyridine rings is 1. The number of halogens is 2. The van der Waals surface area contributed by atoms with E-state index in [0.717, 1.165) is 20.3 Å². The molecule has 0 aromatic carbocycles. The van der Waals surface area contributed by atoms with E-state index in [2.05, 4.69) is 10.1 Å². The van der Waals surface area contributed by atoms with Gasteiger partial charge in [-0.05, 0) is 36.1 Å². The molecule has 10 heteroatoms. The lowest BCUT2D eigenvalue weighted by molar-refractivity contribution is 0.604. The van der Waals surface area contributed by atoms with Crippen molar-refractivity contribution in [3.8, 4) is 10.4 Å². The normalized spacial score (nSPS) is 11.4. The molecule has 3 aromatic rings. The summed E-state index contributed by atoms with van der Waals surface area (Å²) < 4.78 is 15.3. The minimum absolute atomic E-state index is 0. The fourth-order valence-electron chi connectivity index (χ4n) is 2.36. The van der Waals surface area contributed by atoms with Crippen molar-refractivity contribution in [1.82, 2.24) is 19.3 Å². The zero-order valence-electron chi connectivity index (χ0n) is 14.5. The maximum Gasteiger partial charge on any atom is 0.346 e. The average molecular weight is 428 g/mol. The maximum absolute atomic E-state index is 12.6. The van der Waals surface area contributed by atoms with Gasteiger partial charge < -0.3 is 5.73 Å². The summed E-state index contributed by atoms with van der Waals surface area (Å²) >= 11 is 3.20. The van der Waals surface area contributed by atoms with Crippen molar-refractivity contribution in [3.05, 3.63) is 64.1 Å². The van der Waals surface area contributed by atoms with Crippen LogP contribution >= 0.6 is 35.5 Å². The highest BCUT2D eigenvalue weighted by atomic mass is 35.5. The molecule has 0 radical (unpaired) electrons. The molecule has 27 heavy (non-hydrogen) atoms. The van der Waals surface area contributed by atoms with Crippen LogP contribution in [0.4, 0.5) is 4.39 Å². The Bertz CT molecular complexity index is 964. The monoisotopic (exact) mass is 427 g/mol. The summed E-state index contributed by atoms with van der Waals surface area (Å²) in [5, 5.41) is 5.00. The Morgan fingerprint density at radius 1 is 1.37 bits per heavy atom. The van der Waals surface area contributed by atoms with Gasteiger partial charge in [0.15, 0.2) is 0 Å². The fourth-order valence-corrected chi connectivity index (χ4v) is 3.72. The van der Waals surface area contributed by atoms with E-state index >= 15 is 0 Å². The molecule has 0 saturated carbocycles. The lowest BCUT2D eigenvalue weighted by Gasteiger charge is -2.01. The van der Waals surface area contributed by atoms with Gasteiger partial charge in [0, 0.05) is 28.1 Å². The van der Waals surface area contributed by atoms with Gasteiger partial charge in [-0.25, -0.2) is 18.9 Å². The summed E-state index contributed by atoms with van der Waals surface area (Å²) in [5.74, 6) is 0. The number of thiophene rings is 1. The highest BCUT2D eigenvalue weighted by molar-refractivity contribution is 7.98. The molecule has 0 amide bonds. The topological polar surface area (TPSA) is 78.7 Å². The molecule has 0 bridgehead atoms. The van der Waals surface area contributed by atoms with Crippen LogP contribution in [-0.2, 0) is 13.1 Å². The molecule has 144 valence electrons. The summed E-state index contributed by atoms with van der Waals surface area (Å²) in [4.78, 5) is 18.8.